The van der Waals surface area contributed by atoms with Crippen molar-refractivity contribution in [2.45, 2.75) is 17.9 Å². The second-order valence-corrected chi connectivity index (χ2v) is 8.04. The lowest BCUT2D eigenvalue weighted by atomic mass is 9.98. The molecule has 1 atom stereocenters. The monoisotopic (exact) mass is 414 g/mol. The van der Waals surface area contributed by atoms with Crippen molar-refractivity contribution in [2.24, 2.45) is 0 Å². The highest BCUT2D eigenvalue weighted by atomic mass is 32.2. The first-order valence-electron chi connectivity index (χ1n) is 9.55. The number of carbonyl (C=O) groups excluding carboxylic acids is 1. The summed E-state index contributed by atoms with van der Waals surface area (Å²) in [6, 6.07) is 19.8. The van der Waals surface area contributed by atoms with Gasteiger partial charge in [0, 0.05) is 10.6 Å². The van der Waals surface area contributed by atoms with Gasteiger partial charge in [0.25, 0.3) is 5.91 Å². The number of pyridine rings is 1. The van der Waals surface area contributed by atoms with Gasteiger partial charge in [0.2, 0.25) is 5.76 Å². The van der Waals surface area contributed by atoms with E-state index < -0.39 is 6.04 Å². The summed E-state index contributed by atoms with van der Waals surface area (Å²) in [4.78, 5) is 34.1. The van der Waals surface area contributed by atoms with Gasteiger partial charge in [-0.2, -0.15) is 0 Å². The first-order chi connectivity index (χ1) is 14.6. The van der Waals surface area contributed by atoms with Gasteiger partial charge in [-0.1, -0.05) is 30.3 Å². The summed E-state index contributed by atoms with van der Waals surface area (Å²) >= 11 is 1.64. The molecular formula is C24H18N2O3S. The maximum atomic E-state index is 13.5. The predicted octanol–water partition coefficient (Wildman–Crippen LogP) is 4.97. The van der Waals surface area contributed by atoms with E-state index in [1.807, 2.05) is 49.6 Å². The lowest BCUT2D eigenvalue weighted by Crippen LogP contribution is -2.30. The number of benzene rings is 2. The molecule has 0 saturated heterocycles. The van der Waals surface area contributed by atoms with Crippen LogP contribution < -0.4 is 10.3 Å². The van der Waals surface area contributed by atoms with Gasteiger partial charge in [-0.15, -0.1) is 11.8 Å². The molecule has 1 amide bonds. The molecule has 0 unspecified atom stereocenters. The van der Waals surface area contributed by atoms with Crippen LogP contribution in [0.15, 0.2) is 80.8 Å². The second kappa shape index (κ2) is 7.15. The Balaban J connectivity index is 1.80. The number of nitrogens with zero attached hydrogens (tertiary/aromatic N) is 2. The number of amides is 1. The van der Waals surface area contributed by atoms with E-state index >= 15 is 0 Å². The zero-order chi connectivity index (χ0) is 20.8. The summed E-state index contributed by atoms with van der Waals surface area (Å²) in [5.41, 5.74) is 2.21. The molecule has 2 aromatic heterocycles. The van der Waals surface area contributed by atoms with Crippen LogP contribution in [-0.2, 0) is 0 Å². The molecule has 4 aromatic rings. The van der Waals surface area contributed by atoms with Crippen molar-refractivity contribution < 1.29 is 9.21 Å². The third-order valence-corrected chi connectivity index (χ3v) is 6.07. The molecule has 30 heavy (non-hydrogen) atoms. The van der Waals surface area contributed by atoms with E-state index in [1.165, 1.54) is 0 Å². The van der Waals surface area contributed by atoms with Gasteiger partial charge >= 0.3 is 0 Å². The standard InChI is InChI=1S/C24H18N2O3S/c1-14-6-5-9-19(25-14)26-21(15-10-12-16(30-2)13-11-15)20-22(27)17-7-3-4-8-18(17)29-23(20)24(26)28/h3-13,21H,1-2H3/t21-/m0/s1. The minimum absolute atomic E-state index is 0.0842. The average Bonchev–Trinajstić information content (AvgIpc) is 3.06. The largest absolute Gasteiger partial charge is 0.450 e. The molecule has 0 fully saturated rings. The number of aromatic nitrogens is 1. The van der Waals surface area contributed by atoms with E-state index in [4.69, 9.17) is 4.42 Å². The summed E-state index contributed by atoms with van der Waals surface area (Å²) in [5, 5.41) is 0.467. The molecule has 0 aliphatic carbocycles. The smallest absolute Gasteiger partial charge is 0.296 e. The Kier molecular flexibility index (Phi) is 4.44. The van der Waals surface area contributed by atoms with Crippen molar-refractivity contribution in [3.8, 4) is 0 Å². The number of aryl methyl sites for hydroxylation is 1. The van der Waals surface area contributed by atoms with Gasteiger partial charge in [0.05, 0.1) is 17.0 Å². The SMILES string of the molecule is CSc1ccc([C@H]2c3c(oc4ccccc4c3=O)C(=O)N2c2cccc(C)n2)cc1. The van der Waals surface area contributed by atoms with E-state index in [2.05, 4.69) is 4.98 Å². The Labute approximate surface area is 177 Å². The molecule has 1 aliphatic heterocycles. The summed E-state index contributed by atoms with van der Waals surface area (Å²) in [7, 11) is 0. The van der Waals surface area contributed by atoms with Crippen LogP contribution in [-0.4, -0.2) is 17.1 Å². The van der Waals surface area contributed by atoms with E-state index in [9.17, 15) is 9.59 Å². The van der Waals surface area contributed by atoms with E-state index in [-0.39, 0.29) is 17.1 Å². The number of para-hydroxylation sites is 1. The average molecular weight is 414 g/mol. The molecule has 3 heterocycles. The van der Waals surface area contributed by atoms with Crippen LogP contribution in [0, 0.1) is 6.92 Å². The molecule has 5 nitrogen and oxygen atoms in total. The molecule has 0 radical (unpaired) electrons. The molecule has 5 rings (SSSR count). The Bertz CT molecular complexity index is 1340. The zero-order valence-corrected chi connectivity index (χ0v) is 17.3. The fraction of sp³-hybridized carbons (Fsp3) is 0.125. The number of rotatable bonds is 3. The van der Waals surface area contributed by atoms with Crippen molar-refractivity contribution in [3.05, 3.63) is 99.5 Å². The first kappa shape index (κ1) is 18.6. The normalized spacial score (nSPS) is 15.6. The molecule has 0 N–H and O–H groups in total. The zero-order valence-electron chi connectivity index (χ0n) is 16.5. The number of fused-ring (bicyclic) bond motifs is 2. The summed E-state index contributed by atoms with van der Waals surface area (Å²) in [6.45, 7) is 1.87. The molecule has 0 saturated carbocycles. The third-order valence-electron chi connectivity index (χ3n) is 5.33. The topological polar surface area (TPSA) is 63.4 Å². The van der Waals surface area contributed by atoms with Crippen LogP contribution >= 0.6 is 11.8 Å². The predicted molar refractivity (Wildman–Crippen MR) is 118 cm³/mol. The summed E-state index contributed by atoms with van der Waals surface area (Å²) in [5.74, 6) is 0.222. The minimum Gasteiger partial charge on any atom is -0.450 e. The second-order valence-electron chi connectivity index (χ2n) is 7.16. The number of thioether (sulfide) groups is 1. The lowest BCUT2D eigenvalue weighted by Gasteiger charge is -2.24. The van der Waals surface area contributed by atoms with Crippen LogP contribution in [0.3, 0.4) is 0 Å². The Morgan fingerprint density at radius 2 is 1.73 bits per heavy atom. The highest BCUT2D eigenvalue weighted by Gasteiger charge is 2.44. The molecule has 2 aromatic carbocycles. The van der Waals surface area contributed by atoms with E-state index in [0.29, 0.717) is 22.4 Å². The first-order valence-corrected chi connectivity index (χ1v) is 10.8. The molecule has 148 valence electrons. The van der Waals surface area contributed by atoms with Crippen molar-refractivity contribution >= 4 is 34.5 Å². The Hall–Kier alpha value is -3.38. The maximum absolute atomic E-state index is 13.5. The minimum atomic E-state index is -0.599. The molecule has 0 bridgehead atoms. The van der Waals surface area contributed by atoms with Gasteiger partial charge < -0.3 is 4.42 Å². The van der Waals surface area contributed by atoms with Crippen LogP contribution in [0.25, 0.3) is 11.0 Å². The van der Waals surface area contributed by atoms with Crippen LogP contribution in [0.1, 0.15) is 33.4 Å². The van der Waals surface area contributed by atoms with Crippen molar-refractivity contribution in [2.75, 3.05) is 11.2 Å². The van der Waals surface area contributed by atoms with Crippen LogP contribution in [0.5, 0.6) is 0 Å². The maximum Gasteiger partial charge on any atom is 0.296 e. The highest BCUT2D eigenvalue weighted by Crippen LogP contribution is 2.40. The fourth-order valence-corrected chi connectivity index (χ4v) is 4.33. The van der Waals surface area contributed by atoms with E-state index in [1.54, 1.807) is 47.0 Å². The Morgan fingerprint density at radius 3 is 2.47 bits per heavy atom. The van der Waals surface area contributed by atoms with Crippen molar-refractivity contribution in [1.82, 2.24) is 4.98 Å². The molecule has 6 heteroatoms. The molecule has 0 spiro atoms. The molecule has 1 aliphatic rings. The van der Waals surface area contributed by atoms with Crippen LogP contribution in [0.4, 0.5) is 5.82 Å². The van der Waals surface area contributed by atoms with E-state index in [0.717, 1.165) is 16.2 Å². The number of carbonyl (C=O) groups is 1. The summed E-state index contributed by atoms with van der Waals surface area (Å²) in [6.07, 6.45) is 2.01. The lowest BCUT2D eigenvalue weighted by molar-refractivity contribution is 0.0970. The number of hydrogen-bond acceptors (Lipinski definition) is 5. The van der Waals surface area contributed by atoms with Gasteiger partial charge in [-0.25, -0.2) is 4.98 Å². The van der Waals surface area contributed by atoms with Gasteiger partial charge in [-0.3, -0.25) is 14.5 Å². The van der Waals surface area contributed by atoms with Gasteiger partial charge in [-0.05, 0) is 55.1 Å². The van der Waals surface area contributed by atoms with Crippen LogP contribution in [0.2, 0.25) is 0 Å². The quantitative estimate of drug-likeness (QED) is 0.443. The molecular weight excluding hydrogens is 396 g/mol. The summed E-state index contributed by atoms with van der Waals surface area (Å²) < 4.78 is 5.95. The van der Waals surface area contributed by atoms with Gasteiger partial charge in [0.15, 0.2) is 5.43 Å². The number of hydrogen-bond donors (Lipinski definition) is 0. The fourth-order valence-electron chi connectivity index (χ4n) is 3.92. The van der Waals surface area contributed by atoms with Gasteiger partial charge in [0.1, 0.15) is 11.4 Å². The van der Waals surface area contributed by atoms with Crippen molar-refractivity contribution in [3.63, 3.8) is 0 Å². The highest BCUT2D eigenvalue weighted by molar-refractivity contribution is 7.98. The Morgan fingerprint density at radius 1 is 0.967 bits per heavy atom. The van der Waals surface area contributed by atoms with Crippen molar-refractivity contribution in [1.29, 1.82) is 0 Å². The third kappa shape index (κ3) is 2.83. The number of anilines is 1.